The Bertz CT molecular complexity index is 993. The Hall–Kier alpha value is -2.69. The van der Waals surface area contributed by atoms with Crippen LogP contribution in [0.3, 0.4) is 0 Å². The number of para-hydroxylation sites is 1. The molecule has 4 heteroatoms. The third-order valence-corrected chi connectivity index (χ3v) is 5.04. The van der Waals surface area contributed by atoms with E-state index in [0.29, 0.717) is 0 Å². The van der Waals surface area contributed by atoms with Crippen LogP contribution in [0.4, 0.5) is 0 Å². The fourth-order valence-electron chi connectivity index (χ4n) is 3.13. The lowest BCUT2D eigenvalue weighted by Gasteiger charge is -2.03. The summed E-state index contributed by atoms with van der Waals surface area (Å²) in [6.45, 7) is 1.84. The largest absolute Gasteiger partial charge is 0.339 e. The van der Waals surface area contributed by atoms with Crippen LogP contribution in [0.15, 0.2) is 95.6 Å². The van der Waals surface area contributed by atoms with Crippen molar-refractivity contribution in [3.63, 3.8) is 0 Å². The molecule has 1 aromatic heterocycles. The van der Waals surface area contributed by atoms with Gasteiger partial charge in [-0.25, -0.2) is 4.68 Å². The lowest BCUT2D eigenvalue weighted by molar-refractivity contribution is -0.686. The van der Waals surface area contributed by atoms with Gasteiger partial charge in [0.2, 0.25) is 0 Å². The predicted molar refractivity (Wildman–Crippen MR) is 112 cm³/mol. The molecular formula is C23H21BrN3+. The zero-order valence-electron chi connectivity index (χ0n) is 14.9. The van der Waals surface area contributed by atoms with Crippen molar-refractivity contribution in [2.24, 2.45) is 0 Å². The summed E-state index contributed by atoms with van der Waals surface area (Å²) in [6.07, 6.45) is 2.15. The number of benzene rings is 3. The first-order valence-electron chi connectivity index (χ1n) is 9.05. The third kappa shape index (κ3) is 4.35. The number of quaternary nitrogens is 1. The monoisotopic (exact) mass is 418 g/mol. The molecule has 4 aromatic rings. The van der Waals surface area contributed by atoms with Crippen molar-refractivity contribution in [2.45, 2.75) is 13.1 Å². The van der Waals surface area contributed by atoms with Crippen molar-refractivity contribution in [3.05, 3.63) is 107 Å². The average molecular weight is 419 g/mol. The molecule has 0 saturated carbocycles. The maximum Gasteiger partial charge on any atom is 0.105 e. The highest BCUT2D eigenvalue weighted by Crippen LogP contribution is 2.25. The van der Waals surface area contributed by atoms with Crippen LogP contribution in [-0.4, -0.2) is 9.78 Å². The zero-order chi connectivity index (χ0) is 18.5. The molecule has 3 nitrogen and oxygen atoms in total. The maximum absolute atomic E-state index is 4.89. The van der Waals surface area contributed by atoms with E-state index in [0.717, 1.165) is 34.5 Å². The minimum atomic E-state index is 0.882. The highest BCUT2D eigenvalue weighted by molar-refractivity contribution is 9.10. The van der Waals surface area contributed by atoms with Gasteiger partial charge in [0.15, 0.2) is 0 Å². The van der Waals surface area contributed by atoms with Gasteiger partial charge in [-0.15, -0.1) is 0 Å². The van der Waals surface area contributed by atoms with E-state index in [9.17, 15) is 0 Å². The van der Waals surface area contributed by atoms with Gasteiger partial charge in [0.05, 0.1) is 11.3 Å². The van der Waals surface area contributed by atoms with Crippen molar-refractivity contribution in [3.8, 4) is 16.9 Å². The first-order valence-corrected chi connectivity index (χ1v) is 9.84. The summed E-state index contributed by atoms with van der Waals surface area (Å²) in [4.78, 5) is 0. The molecular weight excluding hydrogens is 398 g/mol. The number of aromatic nitrogens is 2. The number of hydrogen-bond donors (Lipinski definition) is 1. The molecule has 0 aliphatic heterocycles. The van der Waals surface area contributed by atoms with Gasteiger partial charge in [-0.2, -0.15) is 5.10 Å². The minimum absolute atomic E-state index is 0.882. The van der Waals surface area contributed by atoms with Crippen LogP contribution in [0, 0.1) is 0 Å². The van der Waals surface area contributed by atoms with E-state index in [1.165, 1.54) is 11.1 Å². The van der Waals surface area contributed by atoms with Gasteiger partial charge in [0.1, 0.15) is 18.8 Å². The van der Waals surface area contributed by atoms with Crippen molar-refractivity contribution < 1.29 is 5.32 Å². The van der Waals surface area contributed by atoms with E-state index in [1.807, 2.05) is 22.9 Å². The standard InChI is InChI=1S/C23H20BrN3/c24-21-13-11-19(12-14-21)23-20(16-25-15-18-7-3-1-4-8-18)17-27(26-23)22-9-5-2-6-10-22/h1-14,17,25H,15-16H2/p+1. The maximum atomic E-state index is 4.89. The van der Waals surface area contributed by atoms with Crippen LogP contribution in [0.1, 0.15) is 11.1 Å². The van der Waals surface area contributed by atoms with Crippen LogP contribution >= 0.6 is 15.9 Å². The van der Waals surface area contributed by atoms with Crippen molar-refractivity contribution in [1.82, 2.24) is 9.78 Å². The molecule has 0 bridgehead atoms. The summed E-state index contributed by atoms with van der Waals surface area (Å²) >= 11 is 3.51. The molecule has 27 heavy (non-hydrogen) atoms. The lowest BCUT2D eigenvalue weighted by atomic mass is 10.1. The van der Waals surface area contributed by atoms with Gasteiger partial charge in [0, 0.05) is 21.8 Å². The summed E-state index contributed by atoms with van der Waals surface area (Å²) in [6, 6.07) is 29.2. The van der Waals surface area contributed by atoms with Gasteiger partial charge < -0.3 is 5.32 Å². The van der Waals surface area contributed by atoms with Crippen LogP contribution in [-0.2, 0) is 13.1 Å². The molecule has 2 N–H and O–H groups in total. The number of halogens is 1. The third-order valence-electron chi connectivity index (χ3n) is 4.52. The van der Waals surface area contributed by atoms with Crippen molar-refractivity contribution in [2.75, 3.05) is 0 Å². The Balaban J connectivity index is 1.61. The van der Waals surface area contributed by atoms with Crippen LogP contribution in [0.2, 0.25) is 0 Å². The fraction of sp³-hybridized carbons (Fsp3) is 0.0870. The molecule has 0 atom stereocenters. The van der Waals surface area contributed by atoms with E-state index in [1.54, 1.807) is 0 Å². The number of rotatable bonds is 6. The second-order valence-electron chi connectivity index (χ2n) is 6.47. The Morgan fingerprint density at radius 1 is 0.778 bits per heavy atom. The van der Waals surface area contributed by atoms with E-state index in [-0.39, 0.29) is 0 Å². The molecule has 0 fully saturated rings. The second kappa shape index (κ2) is 8.33. The van der Waals surface area contributed by atoms with Crippen LogP contribution < -0.4 is 5.32 Å². The number of hydrogen-bond acceptors (Lipinski definition) is 1. The van der Waals surface area contributed by atoms with Gasteiger partial charge in [-0.1, -0.05) is 76.6 Å². The van der Waals surface area contributed by atoms with Gasteiger partial charge >= 0.3 is 0 Å². The summed E-state index contributed by atoms with van der Waals surface area (Å²) in [7, 11) is 0. The van der Waals surface area contributed by atoms with Crippen molar-refractivity contribution >= 4 is 15.9 Å². The topological polar surface area (TPSA) is 34.4 Å². The van der Waals surface area contributed by atoms with E-state index >= 15 is 0 Å². The molecule has 0 unspecified atom stereocenters. The summed E-state index contributed by atoms with van der Waals surface area (Å²) < 4.78 is 3.05. The van der Waals surface area contributed by atoms with Gasteiger partial charge in [-0.3, -0.25) is 0 Å². The molecule has 0 amide bonds. The smallest absolute Gasteiger partial charge is 0.105 e. The molecule has 0 spiro atoms. The Labute approximate surface area is 167 Å². The van der Waals surface area contributed by atoms with Crippen LogP contribution in [0.5, 0.6) is 0 Å². The first kappa shape index (κ1) is 17.7. The lowest BCUT2D eigenvalue weighted by Crippen LogP contribution is -2.80. The predicted octanol–water partition coefficient (Wildman–Crippen LogP) is 4.57. The van der Waals surface area contributed by atoms with Crippen molar-refractivity contribution in [1.29, 1.82) is 0 Å². The average Bonchev–Trinajstić information content (AvgIpc) is 3.14. The molecule has 3 aromatic carbocycles. The highest BCUT2D eigenvalue weighted by atomic mass is 79.9. The summed E-state index contributed by atoms with van der Waals surface area (Å²) in [5.41, 5.74) is 5.81. The van der Waals surface area contributed by atoms with E-state index in [4.69, 9.17) is 5.10 Å². The quantitative estimate of drug-likeness (QED) is 0.488. The van der Waals surface area contributed by atoms with Crippen LogP contribution in [0.25, 0.3) is 16.9 Å². The number of nitrogens with zero attached hydrogens (tertiary/aromatic N) is 2. The Morgan fingerprint density at radius 3 is 2.15 bits per heavy atom. The molecule has 0 saturated heterocycles. The SMILES string of the molecule is Brc1ccc(-c2nn(-c3ccccc3)cc2C[NH2+]Cc2ccccc2)cc1. The normalized spacial score (nSPS) is 10.9. The van der Waals surface area contributed by atoms with Gasteiger partial charge in [0.25, 0.3) is 0 Å². The van der Waals surface area contributed by atoms with E-state index in [2.05, 4.69) is 94.2 Å². The molecule has 0 aliphatic rings. The second-order valence-corrected chi connectivity index (χ2v) is 7.39. The number of nitrogens with two attached hydrogens (primary N) is 1. The Kier molecular flexibility index (Phi) is 5.47. The molecule has 1 heterocycles. The highest BCUT2D eigenvalue weighted by Gasteiger charge is 2.13. The molecule has 4 rings (SSSR count). The zero-order valence-corrected chi connectivity index (χ0v) is 16.5. The fourth-order valence-corrected chi connectivity index (χ4v) is 3.40. The molecule has 0 aliphatic carbocycles. The first-order chi connectivity index (χ1) is 13.3. The van der Waals surface area contributed by atoms with Gasteiger partial charge in [-0.05, 0) is 24.3 Å². The molecule has 134 valence electrons. The molecule has 0 radical (unpaired) electrons. The Morgan fingerprint density at radius 2 is 1.44 bits per heavy atom. The minimum Gasteiger partial charge on any atom is -0.339 e. The van der Waals surface area contributed by atoms with E-state index < -0.39 is 0 Å². The summed E-state index contributed by atoms with van der Waals surface area (Å²) in [5, 5.41) is 7.21. The summed E-state index contributed by atoms with van der Waals surface area (Å²) in [5.74, 6) is 0.